The van der Waals surface area contributed by atoms with Crippen molar-refractivity contribution in [2.24, 2.45) is 4.99 Å². The molecule has 0 N–H and O–H groups in total. The molecule has 1 heterocycles. The molecule has 2 aromatic carbocycles. The zero-order valence-electron chi connectivity index (χ0n) is 16.0. The lowest BCUT2D eigenvalue weighted by Crippen LogP contribution is -2.37. The van der Waals surface area contributed by atoms with Gasteiger partial charge in [-0.1, -0.05) is 0 Å². The van der Waals surface area contributed by atoms with E-state index in [0.29, 0.717) is 5.75 Å². The van der Waals surface area contributed by atoms with Gasteiger partial charge in [-0.05, 0) is 49.2 Å². The molecule has 3 rings (SSSR count). The van der Waals surface area contributed by atoms with E-state index in [0.717, 1.165) is 43.1 Å². The first-order valence-corrected chi connectivity index (χ1v) is 8.94. The van der Waals surface area contributed by atoms with Crippen LogP contribution in [0.2, 0.25) is 0 Å². The molecule has 0 bridgehead atoms. The van der Waals surface area contributed by atoms with Crippen molar-refractivity contribution in [3.8, 4) is 11.5 Å². The molecule has 0 aliphatic carbocycles. The van der Waals surface area contributed by atoms with Gasteiger partial charge in [-0.3, -0.25) is 9.79 Å². The first kappa shape index (κ1) is 21.9. The van der Waals surface area contributed by atoms with E-state index in [1.54, 1.807) is 13.2 Å². The molecule has 0 saturated heterocycles. The fraction of sp³-hybridized carbons (Fsp3) is 0.333. The molecule has 0 spiro atoms. The minimum atomic E-state index is -0.584. The maximum Gasteiger partial charge on any atom is 0.185 e. The number of methoxy groups -OCH3 is 2. The Morgan fingerprint density at radius 3 is 2.32 bits per heavy atom. The molecule has 0 saturated carbocycles. The number of rotatable bonds is 6. The number of halogens is 2. The van der Waals surface area contributed by atoms with Crippen molar-refractivity contribution in [1.82, 2.24) is 0 Å². The number of hydrogen-bond donors (Lipinski definition) is 0. The molecule has 0 amide bonds. The maximum atomic E-state index is 14.3. The van der Waals surface area contributed by atoms with E-state index in [4.69, 9.17) is 9.47 Å². The number of amidine groups is 1. The molecule has 1 aliphatic rings. The topological polar surface area (TPSA) is 51.1 Å². The van der Waals surface area contributed by atoms with Crippen LogP contribution < -0.4 is 14.4 Å². The summed E-state index contributed by atoms with van der Waals surface area (Å²) in [6.45, 7) is 0.765. The van der Waals surface area contributed by atoms with Crippen molar-refractivity contribution in [1.29, 1.82) is 0 Å². The van der Waals surface area contributed by atoms with Crippen LogP contribution in [0, 0.1) is 5.82 Å². The lowest BCUT2D eigenvalue weighted by atomic mass is 10.1. The number of anilines is 1. The second kappa shape index (κ2) is 10.2. The Balaban J connectivity index is 0.00000280. The quantitative estimate of drug-likeness (QED) is 0.598. The van der Waals surface area contributed by atoms with Crippen LogP contribution in [0.1, 0.15) is 29.6 Å². The fourth-order valence-corrected chi connectivity index (χ4v) is 3.07. The van der Waals surface area contributed by atoms with Gasteiger partial charge in [0, 0.05) is 24.7 Å². The minimum absolute atomic E-state index is 0. The Labute approximate surface area is 174 Å². The molecular formula is C21H24BrFN2O3. The van der Waals surface area contributed by atoms with Gasteiger partial charge < -0.3 is 14.4 Å². The largest absolute Gasteiger partial charge is 0.497 e. The Kier molecular flexibility index (Phi) is 7.99. The molecule has 0 atom stereocenters. The highest BCUT2D eigenvalue weighted by Gasteiger charge is 2.22. The average Bonchev–Trinajstić information content (AvgIpc) is 2.72. The number of aliphatic imine (C=N–C) groups is 1. The van der Waals surface area contributed by atoms with Crippen molar-refractivity contribution in [2.45, 2.75) is 19.3 Å². The molecule has 7 heteroatoms. The average molecular weight is 451 g/mol. The normalized spacial score (nSPS) is 13.2. The number of hydrogen-bond acceptors (Lipinski definition) is 5. The zero-order chi connectivity index (χ0) is 19.2. The van der Waals surface area contributed by atoms with E-state index in [2.05, 4.69) is 4.99 Å². The summed E-state index contributed by atoms with van der Waals surface area (Å²) in [5, 5.41) is 0. The summed E-state index contributed by atoms with van der Waals surface area (Å²) >= 11 is 0. The van der Waals surface area contributed by atoms with Crippen molar-refractivity contribution in [3.05, 3.63) is 53.8 Å². The Bertz CT molecular complexity index is 840. The third-order valence-electron chi connectivity index (χ3n) is 4.58. The predicted octanol–water partition coefficient (Wildman–Crippen LogP) is 4.69. The van der Waals surface area contributed by atoms with E-state index in [1.165, 1.54) is 19.2 Å². The van der Waals surface area contributed by atoms with E-state index in [1.807, 2.05) is 29.2 Å². The van der Waals surface area contributed by atoms with Crippen LogP contribution in [-0.2, 0) is 0 Å². The number of ether oxygens (including phenoxy) is 2. The number of Topliss-reactive ketones (excluding diaryl/α,β-unsaturated/α-hetero) is 1. The van der Waals surface area contributed by atoms with Crippen LogP contribution in [0.3, 0.4) is 0 Å². The van der Waals surface area contributed by atoms with Gasteiger partial charge in [0.2, 0.25) is 0 Å². The first-order valence-electron chi connectivity index (χ1n) is 8.94. The van der Waals surface area contributed by atoms with Gasteiger partial charge in [0.05, 0.1) is 26.3 Å². The van der Waals surface area contributed by atoms with Crippen LogP contribution in [-0.4, -0.2) is 38.9 Å². The highest BCUT2D eigenvalue weighted by Crippen LogP contribution is 2.24. The number of carbonyl (C=O) groups is 1. The Morgan fingerprint density at radius 1 is 1.07 bits per heavy atom. The van der Waals surface area contributed by atoms with Gasteiger partial charge >= 0.3 is 0 Å². The molecule has 2 aromatic rings. The van der Waals surface area contributed by atoms with Gasteiger partial charge in [-0.2, -0.15) is 0 Å². The van der Waals surface area contributed by atoms with Gasteiger partial charge in [0.1, 0.15) is 23.2 Å². The highest BCUT2D eigenvalue weighted by atomic mass is 79.9. The lowest BCUT2D eigenvalue weighted by Gasteiger charge is -2.28. The van der Waals surface area contributed by atoms with Crippen LogP contribution in [0.25, 0.3) is 0 Å². The minimum Gasteiger partial charge on any atom is -0.497 e. The van der Waals surface area contributed by atoms with Crippen molar-refractivity contribution < 1.29 is 18.7 Å². The third-order valence-corrected chi connectivity index (χ3v) is 4.58. The summed E-state index contributed by atoms with van der Waals surface area (Å²) in [4.78, 5) is 19.3. The smallest absolute Gasteiger partial charge is 0.185 e. The summed E-state index contributed by atoms with van der Waals surface area (Å²) in [5.74, 6) is 1.08. The van der Waals surface area contributed by atoms with Gasteiger partial charge in [-0.15, -0.1) is 17.0 Å². The standard InChI is InChI=1S/C21H23FN2O3.BrH/c1-26-16-8-6-15(7-9-16)24(21-5-3-4-12-23-21)14-20(25)18-11-10-17(27-2)13-19(18)22;/h6-11,13H,3-5,12,14H2,1-2H3;1H. The monoisotopic (exact) mass is 450 g/mol. The zero-order valence-corrected chi connectivity index (χ0v) is 17.7. The second-order valence-electron chi connectivity index (χ2n) is 6.31. The Hall–Kier alpha value is -2.41. The van der Waals surface area contributed by atoms with Crippen LogP contribution >= 0.6 is 17.0 Å². The van der Waals surface area contributed by atoms with Crippen LogP contribution in [0.5, 0.6) is 11.5 Å². The van der Waals surface area contributed by atoms with E-state index >= 15 is 0 Å². The summed E-state index contributed by atoms with van der Waals surface area (Å²) in [7, 11) is 3.07. The fourth-order valence-electron chi connectivity index (χ4n) is 3.07. The third kappa shape index (κ3) is 5.10. The summed E-state index contributed by atoms with van der Waals surface area (Å²) in [5.41, 5.74) is 0.879. The molecule has 0 radical (unpaired) electrons. The summed E-state index contributed by atoms with van der Waals surface area (Å²) in [6, 6.07) is 11.7. The second-order valence-corrected chi connectivity index (χ2v) is 6.31. The van der Waals surface area contributed by atoms with Crippen molar-refractivity contribution >= 4 is 34.3 Å². The van der Waals surface area contributed by atoms with E-state index in [-0.39, 0.29) is 34.9 Å². The SMILES string of the molecule is Br.COc1ccc(N(CC(=O)c2ccc(OC)cc2F)C2=NCCCC2)cc1. The number of nitrogens with zero attached hydrogens (tertiary/aromatic N) is 2. The molecular weight excluding hydrogens is 427 g/mol. The molecule has 0 aromatic heterocycles. The number of carbonyl (C=O) groups excluding carboxylic acids is 1. The molecule has 1 aliphatic heterocycles. The van der Waals surface area contributed by atoms with Crippen LogP contribution in [0.15, 0.2) is 47.5 Å². The van der Waals surface area contributed by atoms with Crippen molar-refractivity contribution in [2.75, 3.05) is 32.2 Å². The molecule has 5 nitrogen and oxygen atoms in total. The van der Waals surface area contributed by atoms with Gasteiger partial charge in [0.25, 0.3) is 0 Å². The summed E-state index contributed by atoms with van der Waals surface area (Å²) in [6.07, 6.45) is 2.86. The molecule has 150 valence electrons. The van der Waals surface area contributed by atoms with Gasteiger partial charge in [0.15, 0.2) is 5.78 Å². The Morgan fingerprint density at radius 2 is 1.75 bits per heavy atom. The first-order chi connectivity index (χ1) is 13.1. The predicted molar refractivity (Wildman–Crippen MR) is 114 cm³/mol. The highest BCUT2D eigenvalue weighted by molar-refractivity contribution is 8.93. The van der Waals surface area contributed by atoms with Crippen LogP contribution in [0.4, 0.5) is 10.1 Å². The summed E-state index contributed by atoms with van der Waals surface area (Å²) < 4.78 is 24.5. The van der Waals surface area contributed by atoms with Crippen molar-refractivity contribution in [3.63, 3.8) is 0 Å². The van der Waals surface area contributed by atoms with Gasteiger partial charge in [-0.25, -0.2) is 4.39 Å². The maximum absolute atomic E-state index is 14.3. The number of ketones is 1. The van der Waals surface area contributed by atoms with E-state index in [9.17, 15) is 9.18 Å². The molecule has 0 fully saturated rings. The molecule has 0 unspecified atom stereocenters. The number of benzene rings is 2. The lowest BCUT2D eigenvalue weighted by molar-refractivity contribution is 0.0998. The van der Waals surface area contributed by atoms with E-state index < -0.39 is 5.82 Å². The molecule has 28 heavy (non-hydrogen) atoms.